The summed E-state index contributed by atoms with van der Waals surface area (Å²) in [7, 11) is 0. The van der Waals surface area contributed by atoms with Crippen LogP contribution < -0.4 is 5.32 Å². The highest BCUT2D eigenvalue weighted by atomic mass is 35.5. The Balaban J connectivity index is 2.20. The van der Waals surface area contributed by atoms with Crippen LogP contribution in [0.5, 0.6) is 0 Å². The first-order valence-electron chi connectivity index (χ1n) is 4.94. The molecule has 6 nitrogen and oxygen atoms in total. The second-order valence-corrected chi connectivity index (χ2v) is 5.02. The van der Waals surface area contributed by atoms with Gasteiger partial charge in [0.25, 0.3) is 5.91 Å². The Kier molecular flexibility index (Phi) is 4.08. The molecule has 9 heteroatoms. The molecule has 0 spiro atoms. The molecule has 0 radical (unpaired) electrons. The number of anilines is 1. The van der Waals surface area contributed by atoms with Gasteiger partial charge in [0.15, 0.2) is 21.2 Å². The van der Waals surface area contributed by atoms with Gasteiger partial charge in [0.1, 0.15) is 5.69 Å². The highest BCUT2D eigenvalue weighted by Gasteiger charge is 2.15. The van der Waals surface area contributed by atoms with Crippen LogP contribution in [0.3, 0.4) is 0 Å². The monoisotopic (exact) mass is 316 g/mol. The van der Waals surface area contributed by atoms with E-state index in [0.29, 0.717) is 5.13 Å². The van der Waals surface area contributed by atoms with Crippen LogP contribution in [-0.2, 0) is 0 Å². The maximum absolute atomic E-state index is 11.9. The van der Waals surface area contributed by atoms with Crippen molar-refractivity contribution in [2.75, 3.05) is 5.32 Å². The van der Waals surface area contributed by atoms with Gasteiger partial charge in [-0.3, -0.25) is 14.9 Å². The number of hydrogen-bond donors (Lipinski definition) is 1. The van der Waals surface area contributed by atoms with Crippen LogP contribution in [0, 0.1) is 0 Å². The largest absolute Gasteiger partial charge is 0.298 e. The van der Waals surface area contributed by atoms with Gasteiger partial charge in [0, 0.05) is 12.3 Å². The maximum atomic E-state index is 11.9. The second kappa shape index (κ2) is 5.60. The lowest BCUT2D eigenvalue weighted by Crippen LogP contribution is -2.13. The van der Waals surface area contributed by atoms with E-state index in [2.05, 4.69) is 20.5 Å². The number of thiazole rings is 1. The molecule has 2 heterocycles. The number of carbonyl (C=O) groups excluding carboxylic acids is 2. The van der Waals surface area contributed by atoms with Gasteiger partial charge < -0.3 is 0 Å². The van der Waals surface area contributed by atoms with Crippen molar-refractivity contribution in [3.05, 3.63) is 33.0 Å². The first kappa shape index (κ1) is 13.9. The number of ketones is 1. The van der Waals surface area contributed by atoms with Crippen LogP contribution in [0.4, 0.5) is 5.13 Å². The Morgan fingerprint density at radius 1 is 1.32 bits per heavy atom. The molecule has 0 atom stereocenters. The SMILES string of the molecule is CC(=O)c1csc(NC(=O)c2cc(Cl)nnc2Cl)n1. The molecule has 0 saturated carbocycles. The molecule has 0 saturated heterocycles. The molecular weight excluding hydrogens is 311 g/mol. The number of hydrogen-bond acceptors (Lipinski definition) is 6. The summed E-state index contributed by atoms with van der Waals surface area (Å²) >= 11 is 12.5. The van der Waals surface area contributed by atoms with Gasteiger partial charge in [-0.2, -0.15) is 0 Å². The summed E-state index contributed by atoms with van der Waals surface area (Å²) < 4.78 is 0. The minimum absolute atomic E-state index is 0.0538. The van der Waals surface area contributed by atoms with E-state index in [9.17, 15) is 9.59 Å². The van der Waals surface area contributed by atoms with E-state index in [4.69, 9.17) is 23.2 Å². The topological polar surface area (TPSA) is 84.8 Å². The third-order valence-corrected chi connectivity index (χ3v) is 3.27. The summed E-state index contributed by atoms with van der Waals surface area (Å²) in [6.07, 6.45) is 0. The maximum Gasteiger partial charge on any atom is 0.260 e. The molecular formula is C10H6Cl2N4O2S. The van der Waals surface area contributed by atoms with E-state index >= 15 is 0 Å². The van der Waals surface area contributed by atoms with E-state index in [-0.39, 0.29) is 27.3 Å². The fraction of sp³-hybridized carbons (Fsp3) is 0.100. The Labute approximate surface area is 121 Å². The van der Waals surface area contributed by atoms with Crippen molar-refractivity contribution in [3.8, 4) is 0 Å². The number of halogens is 2. The molecule has 0 unspecified atom stereocenters. The molecule has 0 aromatic carbocycles. The zero-order valence-corrected chi connectivity index (χ0v) is 11.8. The Morgan fingerprint density at radius 3 is 2.68 bits per heavy atom. The van der Waals surface area contributed by atoms with Crippen LogP contribution in [-0.4, -0.2) is 26.9 Å². The van der Waals surface area contributed by atoms with Crippen molar-refractivity contribution < 1.29 is 9.59 Å². The van der Waals surface area contributed by atoms with Crippen molar-refractivity contribution in [1.29, 1.82) is 0 Å². The van der Waals surface area contributed by atoms with Crippen LogP contribution in [0.15, 0.2) is 11.4 Å². The molecule has 19 heavy (non-hydrogen) atoms. The van der Waals surface area contributed by atoms with Crippen molar-refractivity contribution in [1.82, 2.24) is 15.2 Å². The van der Waals surface area contributed by atoms with E-state index in [1.807, 2.05) is 0 Å². The third-order valence-electron chi connectivity index (χ3n) is 2.05. The number of nitrogens with one attached hydrogen (secondary N) is 1. The highest BCUT2D eigenvalue weighted by molar-refractivity contribution is 7.14. The third kappa shape index (κ3) is 3.25. The highest BCUT2D eigenvalue weighted by Crippen LogP contribution is 2.20. The number of Topliss-reactive ketones (excluding diaryl/α,β-unsaturated/α-hetero) is 1. The van der Waals surface area contributed by atoms with Gasteiger partial charge >= 0.3 is 0 Å². The Morgan fingerprint density at radius 2 is 2.05 bits per heavy atom. The lowest BCUT2D eigenvalue weighted by Gasteiger charge is -2.02. The summed E-state index contributed by atoms with van der Waals surface area (Å²) in [5.41, 5.74) is 0.374. The zero-order valence-electron chi connectivity index (χ0n) is 9.48. The van der Waals surface area contributed by atoms with E-state index < -0.39 is 5.91 Å². The minimum atomic E-state index is -0.522. The normalized spacial score (nSPS) is 10.3. The fourth-order valence-electron chi connectivity index (χ4n) is 1.17. The van der Waals surface area contributed by atoms with Gasteiger partial charge in [0.05, 0.1) is 5.56 Å². The first-order valence-corrected chi connectivity index (χ1v) is 6.57. The molecule has 1 N–H and O–H groups in total. The smallest absolute Gasteiger partial charge is 0.260 e. The van der Waals surface area contributed by atoms with Crippen LogP contribution >= 0.6 is 34.5 Å². The number of rotatable bonds is 3. The van der Waals surface area contributed by atoms with Gasteiger partial charge in [0.2, 0.25) is 0 Å². The number of carbonyl (C=O) groups is 2. The zero-order chi connectivity index (χ0) is 14.0. The summed E-state index contributed by atoms with van der Waals surface area (Å²) in [4.78, 5) is 27.0. The van der Waals surface area contributed by atoms with Gasteiger partial charge in [-0.25, -0.2) is 4.98 Å². The van der Waals surface area contributed by atoms with Crippen LogP contribution in [0.2, 0.25) is 10.3 Å². The van der Waals surface area contributed by atoms with Crippen LogP contribution in [0.25, 0.3) is 0 Å². The summed E-state index contributed by atoms with van der Waals surface area (Å²) in [6.45, 7) is 1.39. The van der Waals surface area contributed by atoms with Gasteiger partial charge in [-0.05, 0) is 6.07 Å². The lowest BCUT2D eigenvalue weighted by molar-refractivity contribution is 0.100. The molecule has 0 aliphatic rings. The average molecular weight is 317 g/mol. The summed E-state index contributed by atoms with van der Waals surface area (Å²) in [5, 5.41) is 11.4. The molecule has 0 bridgehead atoms. The van der Waals surface area contributed by atoms with Crippen LogP contribution in [0.1, 0.15) is 27.8 Å². The fourth-order valence-corrected chi connectivity index (χ4v) is 2.24. The van der Waals surface area contributed by atoms with Crippen molar-refractivity contribution in [2.45, 2.75) is 6.92 Å². The lowest BCUT2D eigenvalue weighted by atomic mass is 10.3. The molecule has 0 aliphatic heterocycles. The number of nitrogens with zero attached hydrogens (tertiary/aromatic N) is 3. The van der Waals surface area contributed by atoms with Crippen molar-refractivity contribution in [2.24, 2.45) is 0 Å². The Bertz CT molecular complexity index is 659. The first-order chi connectivity index (χ1) is 8.97. The van der Waals surface area contributed by atoms with E-state index in [0.717, 1.165) is 11.3 Å². The number of aromatic nitrogens is 3. The molecule has 98 valence electrons. The number of amides is 1. The van der Waals surface area contributed by atoms with E-state index in [1.165, 1.54) is 13.0 Å². The average Bonchev–Trinajstić information content (AvgIpc) is 2.80. The molecule has 2 aromatic rings. The molecule has 2 aromatic heterocycles. The predicted octanol–water partition coefficient (Wildman–Crippen LogP) is 2.69. The summed E-state index contributed by atoms with van der Waals surface area (Å²) in [6, 6.07) is 1.30. The molecule has 2 rings (SSSR count). The molecule has 0 aliphatic carbocycles. The summed E-state index contributed by atoms with van der Waals surface area (Å²) in [5.74, 6) is -0.699. The van der Waals surface area contributed by atoms with Gasteiger partial charge in [-0.1, -0.05) is 23.2 Å². The minimum Gasteiger partial charge on any atom is -0.298 e. The van der Waals surface area contributed by atoms with Crippen molar-refractivity contribution >= 4 is 51.4 Å². The molecule has 1 amide bonds. The second-order valence-electron chi connectivity index (χ2n) is 3.42. The van der Waals surface area contributed by atoms with Gasteiger partial charge in [-0.15, -0.1) is 21.5 Å². The standard InChI is InChI=1S/C10H6Cl2N4O2S/c1-4(17)6-3-19-10(13-6)14-9(18)5-2-7(11)15-16-8(5)12/h2-3H,1H3,(H,13,14,18). The van der Waals surface area contributed by atoms with E-state index in [1.54, 1.807) is 5.38 Å². The quantitative estimate of drug-likeness (QED) is 0.880. The predicted molar refractivity (Wildman–Crippen MR) is 72.1 cm³/mol. The Hall–Kier alpha value is -1.57. The van der Waals surface area contributed by atoms with Crippen molar-refractivity contribution in [3.63, 3.8) is 0 Å². The molecule has 0 fully saturated rings.